The number of nitrogens with zero attached hydrogens (tertiary/aromatic N) is 2. The van der Waals surface area contributed by atoms with E-state index in [9.17, 15) is 0 Å². The van der Waals surface area contributed by atoms with Gasteiger partial charge in [-0.05, 0) is 24.7 Å². The Bertz CT molecular complexity index is 516. The molecule has 0 saturated carbocycles. The summed E-state index contributed by atoms with van der Waals surface area (Å²) in [5, 5.41) is 4.25. The molecule has 0 radical (unpaired) electrons. The van der Waals surface area contributed by atoms with E-state index in [0.29, 0.717) is 12.3 Å². The molecule has 2 rings (SSSR count). The Morgan fingerprint density at radius 3 is 2.88 bits per heavy atom. The van der Waals surface area contributed by atoms with E-state index in [4.69, 9.17) is 16.3 Å². The average molecular weight is 238 g/mol. The first-order valence-corrected chi connectivity index (χ1v) is 5.27. The number of rotatable bonds is 3. The second kappa shape index (κ2) is 4.63. The number of aromatic nitrogens is 2. The first-order valence-electron chi connectivity index (χ1n) is 4.90. The molecule has 1 N–H and O–H groups in total. The lowest BCUT2D eigenvalue weighted by Gasteiger charge is -2.08. The minimum absolute atomic E-state index is 0.238. The first kappa shape index (κ1) is 11.1. The standard InChI is InChI=1S/C11H12ClN3O/c1-13-6-8-7-4-3-5-9(16-2)10(7)15-11(12)14-8/h3-5,13H,6H2,1-2H3. The summed E-state index contributed by atoms with van der Waals surface area (Å²) >= 11 is 5.88. The van der Waals surface area contributed by atoms with Crippen LogP contribution in [0, 0.1) is 0 Å². The summed E-state index contributed by atoms with van der Waals surface area (Å²) in [5.41, 5.74) is 1.62. The van der Waals surface area contributed by atoms with Crippen molar-refractivity contribution < 1.29 is 4.74 Å². The summed E-state index contributed by atoms with van der Waals surface area (Å²) in [5.74, 6) is 0.708. The van der Waals surface area contributed by atoms with E-state index in [2.05, 4.69) is 15.3 Å². The van der Waals surface area contributed by atoms with Gasteiger partial charge in [-0.3, -0.25) is 0 Å². The number of hydrogen-bond donors (Lipinski definition) is 1. The summed E-state index contributed by atoms with van der Waals surface area (Å²) in [4.78, 5) is 8.39. The molecule has 2 aromatic rings. The molecule has 0 fully saturated rings. The van der Waals surface area contributed by atoms with E-state index >= 15 is 0 Å². The number of hydrogen-bond acceptors (Lipinski definition) is 4. The molecule has 1 heterocycles. The molecule has 0 aliphatic carbocycles. The van der Waals surface area contributed by atoms with Crippen molar-refractivity contribution >= 4 is 22.5 Å². The topological polar surface area (TPSA) is 47.0 Å². The Hall–Kier alpha value is -1.39. The van der Waals surface area contributed by atoms with Crippen molar-refractivity contribution in [2.75, 3.05) is 14.2 Å². The molecule has 0 spiro atoms. The predicted molar refractivity (Wildman–Crippen MR) is 63.9 cm³/mol. The smallest absolute Gasteiger partial charge is 0.223 e. The van der Waals surface area contributed by atoms with E-state index in [-0.39, 0.29) is 5.28 Å². The highest BCUT2D eigenvalue weighted by Gasteiger charge is 2.09. The van der Waals surface area contributed by atoms with Gasteiger partial charge < -0.3 is 10.1 Å². The largest absolute Gasteiger partial charge is 0.494 e. The van der Waals surface area contributed by atoms with Crippen LogP contribution in [-0.2, 0) is 6.54 Å². The second-order valence-electron chi connectivity index (χ2n) is 3.33. The molecule has 5 heteroatoms. The molecule has 4 nitrogen and oxygen atoms in total. The molecule has 16 heavy (non-hydrogen) atoms. The third kappa shape index (κ3) is 1.94. The lowest BCUT2D eigenvalue weighted by Crippen LogP contribution is -2.08. The molecule has 0 aliphatic rings. The Morgan fingerprint density at radius 2 is 2.19 bits per heavy atom. The first-order chi connectivity index (χ1) is 7.76. The highest BCUT2D eigenvalue weighted by molar-refractivity contribution is 6.28. The van der Waals surface area contributed by atoms with E-state index in [1.54, 1.807) is 7.11 Å². The van der Waals surface area contributed by atoms with Crippen LogP contribution in [0.4, 0.5) is 0 Å². The van der Waals surface area contributed by atoms with Crippen molar-refractivity contribution in [1.29, 1.82) is 0 Å². The minimum atomic E-state index is 0.238. The molecule has 1 aromatic heterocycles. The van der Waals surface area contributed by atoms with Crippen LogP contribution >= 0.6 is 11.6 Å². The van der Waals surface area contributed by atoms with E-state index < -0.39 is 0 Å². The van der Waals surface area contributed by atoms with Crippen LogP contribution in [0.1, 0.15) is 5.69 Å². The van der Waals surface area contributed by atoms with E-state index in [1.165, 1.54) is 0 Å². The molecule has 0 unspecified atom stereocenters. The molecule has 0 atom stereocenters. The zero-order valence-corrected chi connectivity index (χ0v) is 9.88. The summed E-state index contributed by atoms with van der Waals surface area (Å²) in [7, 11) is 3.48. The van der Waals surface area contributed by atoms with Crippen molar-refractivity contribution in [2.45, 2.75) is 6.54 Å². The molecule has 1 aromatic carbocycles. The maximum atomic E-state index is 5.88. The Morgan fingerprint density at radius 1 is 1.38 bits per heavy atom. The Kier molecular flexibility index (Phi) is 3.22. The van der Waals surface area contributed by atoms with Gasteiger partial charge in [0.15, 0.2) is 0 Å². The van der Waals surface area contributed by atoms with Crippen molar-refractivity contribution in [3.8, 4) is 5.75 Å². The number of methoxy groups -OCH3 is 1. The molecule has 0 bridgehead atoms. The summed E-state index contributed by atoms with van der Waals surface area (Å²) in [6.07, 6.45) is 0. The molecule has 84 valence electrons. The molecular formula is C11H12ClN3O. The normalized spacial score (nSPS) is 10.7. The van der Waals surface area contributed by atoms with Crippen LogP contribution in [-0.4, -0.2) is 24.1 Å². The van der Waals surface area contributed by atoms with E-state index in [1.807, 2.05) is 25.2 Å². The quantitative estimate of drug-likeness (QED) is 0.830. The lowest BCUT2D eigenvalue weighted by molar-refractivity contribution is 0.419. The van der Waals surface area contributed by atoms with Crippen molar-refractivity contribution in [3.05, 3.63) is 29.2 Å². The fourth-order valence-electron chi connectivity index (χ4n) is 1.63. The Labute approximate surface area is 98.6 Å². The number of nitrogens with one attached hydrogen (secondary N) is 1. The Balaban J connectivity index is 2.72. The predicted octanol–water partition coefficient (Wildman–Crippen LogP) is 2.01. The maximum Gasteiger partial charge on any atom is 0.223 e. The fourth-order valence-corrected chi connectivity index (χ4v) is 1.81. The van der Waals surface area contributed by atoms with Gasteiger partial charge in [0.25, 0.3) is 0 Å². The van der Waals surface area contributed by atoms with Gasteiger partial charge in [0.1, 0.15) is 11.3 Å². The van der Waals surface area contributed by atoms with Gasteiger partial charge in [-0.25, -0.2) is 9.97 Å². The molecular weight excluding hydrogens is 226 g/mol. The van der Waals surface area contributed by atoms with Crippen LogP contribution in [0.25, 0.3) is 10.9 Å². The second-order valence-corrected chi connectivity index (χ2v) is 3.66. The number of ether oxygens (including phenoxy) is 1. The van der Waals surface area contributed by atoms with Crippen LogP contribution in [0.2, 0.25) is 5.28 Å². The van der Waals surface area contributed by atoms with Crippen LogP contribution in [0.3, 0.4) is 0 Å². The van der Waals surface area contributed by atoms with E-state index in [0.717, 1.165) is 16.6 Å². The highest BCUT2D eigenvalue weighted by atomic mass is 35.5. The average Bonchev–Trinajstić information content (AvgIpc) is 2.28. The SMILES string of the molecule is CNCc1nc(Cl)nc2c(OC)cccc12. The van der Waals surface area contributed by atoms with Gasteiger partial charge in [0.2, 0.25) is 5.28 Å². The van der Waals surface area contributed by atoms with Gasteiger partial charge >= 0.3 is 0 Å². The maximum absolute atomic E-state index is 5.88. The zero-order valence-electron chi connectivity index (χ0n) is 9.12. The van der Waals surface area contributed by atoms with Crippen LogP contribution < -0.4 is 10.1 Å². The number of benzene rings is 1. The van der Waals surface area contributed by atoms with Crippen molar-refractivity contribution in [3.63, 3.8) is 0 Å². The molecule has 0 aliphatic heterocycles. The number of fused-ring (bicyclic) bond motifs is 1. The van der Waals surface area contributed by atoms with Gasteiger partial charge in [0, 0.05) is 11.9 Å². The van der Waals surface area contributed by atoms with Gasteiger partial charge in [0.05, 0.1) is 12.8 Å². The monoisotopic (exact) mass is 237 g/mol. The van der Waals surface area contributed by atoms with Crippen molar-refractivity contribution in [2.24, 2.45) is 0 Å². The van der Waals surface area contributed by atoms with Crippen molar-refractivity contribution in [1.82, 2.24) is 15.3 Å². The summed E-state index contributed by atoms with van der Waals surface area (Å²) in [6.45, 7) is 0.645. The third-order valence-electron chi connectivity index (χ3n) is 2.31. The summed E-state index contributed by atoms with van der Waals surface area (Å²) < 4.78 is 5.25. The molecule has 0 amide bonds. The third-order valence-corrected chi connectivity index (χ3v) is 2.47. The number of para-hydroxylation sites is 1. The van der Waals surface area contributed by atoms with Gasteiger partial charge in [-0.1, -0.05) is 12.1 Å². The van der Waals surface area contributed by atoms with Crippen LogP contribution in [0.15, 0.2) is 18.2 Å². The highest BCUT2D eigenvalue weighted by Crippen LogP contribution is 2.26. The zero-order chi connectivity index (χ0) is 11.5. The lowest BCUT2D eigenvalue weighted by atomic mass is 10.1. The molecule has 0 saturated heterocycles. The van der Waals surface area contributed by atoms with Gasteiger partial charge in [-0.15, -0.1) is 0 Å². The van der Waals surface area contributed by atoms with Gasteiger partial charge in [-0.2, -0.15) is 0 Å². The van der Waals surface area contributed by atoms with Crippen LogP contribution in [0.5, 0.6) is 5.75 Å². The summed E-state index contributed by atoms with van der Waals surface area (Å²) in [6, 6.07) is 5.73. The minimum Gasteiger partial charge on any atom is -0.494 e. The number of halogens is 1. The fraction of sp³-hybridized carbons (Fsp3) is 0.273.